The van der Waals surface area contributed by atoms with Crippen molar-refractivity contribution in [2.24, 2.45) is 0 Å². The summed E-state index contributed by atoms with van der Waals surface area (Å²) >= 11 is 1.51. The van der Waals surface area contributed by atoms with Crippen LogP contribution >= 0.6 is 11.3 Å². The van der Waals surface area contributed by atoms with Crippen molar-refractivity contribution in [3.05, 3.63) is 65.7 Å². The number of carbonyl (C=O) groups is 1. The number of thiazole rings is 1. The monoisotopic (exact) mass is 378 g/mol. The van der Waals surface area contributed by atoms with Crippen LogP contribution in [0.15, 0.2) is 54.2 Å². The van der Waals surface area contributed by atoms with Gasteiger partial charge in [0, 0.05) is 5.56 Å². The van der Waals surface area contributed by atoms with E-state index in [-0.39, 0.29) is 0 Å². The standard InChI is InChI=1S/C21H18N2O3S/c1-21(2,3)26-18(24)11-12-25-17-10-9-16-20(27-13-23-16)19(17)14-5-7-15(22-4)8-6-14/h5-13H,1-3H3/b12-11+. The molecule has 0 fully saturated rings. The fraction of sp³-hybridized carbons (Fsp3) is 0.190. The zero-order valence-corrected chi connectivity index (χ0v) is 16.0. The van der Waals surface area contributed by atoms with Crippen molar-refractivity contribution in [2.75, 3.05) is 0 Å². The quantitative estimate of drug-likeness (QED) is 0.251. The van der Waals surface area contributed by atoms with E-state index in [1.807, 2.05) is 45.0 Å². The van der Waals surface area contributed by atoms with Crippen LogP contribution in [0.1, 0.15) is 20.8 Å². The first-order valence-electron chi connectivity index (χ1n) is 8.28. The Morgan fingerprint density at radius 2 is 1.93 bits per heavy atom. The predicted molar refractivity (Wildman–Crippen MR) is 107 cm³/mol. The van der Waals surface area contributed by atoms with Crippen molar-refractivity contribution in [3.8, 4) is 16.9 Å². The second kappa shape index (κ2) is 7.60. The van der Waals surface area contributed by atoms with Crippen LogP contribution in [0.5, 0.6) is 5.75 Å². The summed E-state index contributed by atoms with van der Waals surface area (Å²) in [5, 5.41) is 0. The Kier molecular flexibility index (Phi) is 5.24. The van der Waals surface area contributed by atoms with Gasteiger partial charge < -0.3 is 9.47 Å². The first-order chi connectivity index (χ1) is 12.9. The largest absolute Gasteiger partial charge is 0.464 e. The smallest absolute Gasteiger partial charge is 0.334 e. The molecule has 6 heteroatoms. The van der Waals surface area contributed by atoms with Gasteiger partial charge in [0.25, 0.3) is 0 Å². The number of aromatic nitrogens is 1. The van der Waals surface area contributed by atoms with Crippen LogP contribution in [0.4, 0.5) is 5.69 Å². The molecule has 1 aromatic heterocycles. The summed E-state index contributed by atoms with van der Waals surface area (Å²) < 4.78 is 12.0. The number of esters is 1. The Hall–Kier alpha value is -3.17. The molecular weight excluding hydrogens is 360 g/mol. The van der Waals surface area contributed by atoms with Crippen molar-refractivity contribution in [3.63, 3.8) is 0 Å². The second-order valence-corrected chi connectivity index (χ2v) is 7.61. The summed E-state index contributed by atoms with van der Waals surface area (Å²) in [5.41, 5.74) is 4.45. The van der Waals surface area contributed by atoms with Crippen LogP contribution in [0.2, 0.25) is 0 Å². The van der Waals surface area contributed by atoms with Crippen LogP contribution in [0.3, 0.4) is 0 Å². The lowest BCUT2D eigenvalue weighted by Crippen LogP contribution is -2.22. The van der Waals surface area contributed by atoms with Gasteiger partial charge in [0.05, 0.1) is 34.6 Å². The van der Waals surface area contributed by atoms with E-state index in [2.05, 4.69) is 9.83 Å². The van der Waals surface area contributed by atoms with Crippen LogP contribution in [-0.4, -0.2) is 16.6 Å². The second-order valence-electron chi connectivity index (χ2n) is 6.75. The highest BCUT2D eigenvalue weighted by Crippen LogP contribution is 2.39. The molecule has 0 N–H and O–H groups in total. The van der Waals surface area contributed by atoms with Gasteiger partial charge in [-0.3, -0.25) is 0 Å². The zero-order chi connectivity index (χ0) is 19.4. The van der Waals surface area contributed by atoms with Crippen molar-refractivity contribution in [2.45, 2.75) is 26.4 Å². The summed E-state index contributed by atoms with van der Waals surface area (Å²) in [5.74, 6) is 0.131. The number of benzene rings is 2. The number of rotatable bonds is 4. The molecule has 0 aliphatic rings. The molecule has 0 atom stereocenters. The van der Waals surface area contributed by atoms with Crippen LogP contribution < -0.4 is 4.74 Å². The van der Waals surface area contributed by atoms with Crippen LogP contribution in [0.25, 0.3) is 26.2 Å². The summed E-state index contributed by atoms with van der Waals surface area (Å²) in [4.78, 5) is 19.6. The van der Waals surface area contributed by atoms with E-state index in [9.17, 15) is 4.79 Å². The maximum atomic E-state index is 11.8. The molecule has 0 spiro atoms. The molecular formula is C21H18N2O3S. The number of hydrogen-bond acceptors (Lipinski definition) is 5. The van der Waals surface area contributed by atoms with Gasteiger partial charge in [0.1, 0.15) is 11.4 Å². The molecule has 5 nitrogen and oxygen atoms in total. The predicted octanol–water partition coefficient (Wildman–Crippen LogP) is 5.75. The summed E-state index contributed by atoms with van der Waals surface area (Å²) in [6, 6.07) is 11.0. The Morgan fingerprint density at radius 3 is 2.59 bits per heavy atom. The molecule has 136 valence electrons. The molecule has 0 aliphatic heterocycles. The van der Waals surface area contributed by atoms with E-state index in [0.29, 0.717) is 11.4 Å². The molecule has 1 heterocycles. The third-order valence-corrected chi connectivity index (χ3v) is 4.41. The van der Waals surface area contributed by atoms with Crippen molar-refractivity contribution < 1.29 is 14.3 Å². The van der Waals surface area contributed by atoms with Gasteiger partial charge in [-0.05, 0) is 38.5 Å². The fourth-order valence-corrected chi connectivity index (χ4v) is 3.33. The minimum atomic E-state index is -0.557. The Labute approximate surface area is 161 Å². The third kappa shape index (κ3) is 4.52. The topological polar surface area (TPSA) is 52.8 Å². The van der Waals surface area contributed by atoms with E-state index in [1.165, 1.54) is 23.7 Å². The first-order valence-corrected chi connectivity index (χ1v) is 9.15. The molecule has 0 bridgehead atoms. The van der Waals surface area contributed by atoms with Gasteiger partial charge in [-0.25, -0.2) is 14.6 Å². The van der Waals surface area contributed by atoms with E-state index in [1.54, 1.807) is 17.6 Å². The zero-order valence-electron chi connectivity index (χ0n) is 15.2. The minimum absolute atomic E-state index is 0.468. The highest BCUT2D eigenvalue weighted by molar-refractivity contribution is 7.17. The molecule has 0 amide bonds. The number of nitrogens with zero attached hydrogens (tertiary/aromatic N) is 2. The average molecular weight is 378 g/mol. The molecule has 27 heavy (non-hydrogen) atoms. The van der Waals surface area contributed by atoms with Gasteiger partial charge in [-0.15, -0.1) is 11.3 Å². The molecule has 0 radical (unpaired) electrons. The number of fused-ring (bicyclic) bond motifs is 1. The summed E-state index contributed by atoms with van der Waals surface area (Å²) in [7, 11) is 0. The maximum Gasteiger partial charge on any atom is 0.334 e. The summed E-state index contributed by atoms with van der Waals surface area (Å²) in [6.07, 6.45) is 2.58. The van der Waals surface area contributed by atoms with E-state index >= 15 is 0 Å². The lowest BCUT2D eigenvalue weighted by atomic mass is 10.0. The molecule has 3 rings (SSSR count). The third-order valence-electron chi connectivity index (χ3n) is 3.55. The van der Waals surface area contributed by atoms with Crippen LogP contribution in [0, 0.1) is 6.57 Å². The van der Waals surface area contributed by atoms with Gasteiger partial charge in [-0.1, -0.05) is 24.3 Å². The molecule has 2 aromatic carbocycles. The van der Waals surface area contributed by atoms with Crippen molar-refractivity contribution in [1.29, 1.82) is 0 Å². The van der Waals surface area contributed by atoms with Gasteiger partial charge in [-0.2, -0.15) is 0 Å². The highest BCUT2D eigenvalue weighted by Gasteiger charge is 2.15. The van der Waals surface area contributed by atoms with Crippen molar-refractivity contribution in [1.82, 2.24) is 4.98 Å². The number of ether oxygens (including phenoxy) is 2. The number of hydrogen-bond donors (Lipinski definition) is 0. The van der Waals surface area contributed by atoms with E-state index in [0.717, 1.165) is 21.3 Å². The number of carbonyl (C=O) groups excluding carboxylic acids is 1. The highest BCUT2D eigenvalue weighted by atomic mass is 32.1. The SMILES string of the molecule is [C-]#[N+]c1ccc(-c2c(O/C=C/C(=O)OC(C)(C)C)ccc3ncsc23)cc1. The van der Waals surface area contributed by atoms with Gasteiger partial charge >= 0.3 is 5.97 Å². The van der Waals surface area contributed by atoms with Gasteiger partial charge in [0.15, 0.2) is 5.69 Å². The average Bonchev–Trinajstić information content (AvgIpc) is 3.09. The first kappa shape index (κ1) is 18.6. The molecule has 0 saturated heterocycles. The normalized spacial score (nSPS) is 11.5. The van der Waals surface area contributed by atoms with E-state index < -0.39 is 11.6 Å². The Balaban J connectivity index is 1.93. The van der Waals surface area contributed by atoms with Crippen LogP contribution in [-0.2, 0) is 9.53 Å². The molecule has 0 aliphatic carbocycles. The summed E-state index contributed by atoms with van der Waals surface area (Å²) in [6.45, 7) is 12.5. The van der Waals surface area contributed by atoms with Gasteiger partial charge in [0.2, 0.25) is 0 Å². The van der Waals surface area contributed by atoms with Crippen molar-refractivity contribution >= 4 is 33.2 Å². The molecule has 0 unspecified atom stereocenters. The minimum Gasteiger partial charge on any atom is -0.464 e. The molecule has 0 saturated carbocycles. The van der Waals surface area contributed by atoms with E-state index in [4.69, 9.17) is 16.0 Å². The lowest BCUT2D eigenvalue weighted by molar-refractivity contribution is -0.148. The Bertz CT molecular complexity index is 1040. The maximum absolute atomic E-state index is 11.8. The molecule has 3 aromatic rings. The Morgan fingerprint density at radius 1 is 1.19 bits per heavy atom. The fourth-order valence-electron chi connectivity index (χ4n) is 2.48. The lowest BCUT2D eigenvalue weighted by Gasteiger charge is -2.17.